The fourth-order valence-corrected chi connectivity index (χ4v) is 4.71. The summed E-state index contributed by atoms with van der Waals surface area (Å²) in [6.45, 7) is 4.22. The number of carbonyl (C=O) groups excluding carboxylic acids is 2. The standard InChI is InChI=1S/C21H23BrN2O3/c1-13-18(21(26)24-8-10-27-11-9-24)19(14-4-2-5-15(22)12-14)20-16(23-13)6-3-7-17(20)25/h2,4-6,12,19-20,23H,3,7-11H2,1H3. The third-order valence-electron chi connectivity index (χ3n) is 5.55. The monoisotopic (exact) mass is 430 g/mol. The number of morpholine rings is 1. The molecule has 2 heterocycles. The van der Waals surface area contributed by atoms with Gasteiger partial charge in [-0.2, -0.15) is 0 Å². The van der Waals surface area contributed by atoms with Gasteiger partial charge in [-0.25, -0.2) is 0 Å². The van der Waals surface area contributed by atoms with Crippen LogP contribution >= 0.6 is 15.9 Å². The van der Waals surface area contributed by atoms with Crippen LogP contribution < -0.4 is 5.32 Å². The highest BCUT2D eigenvalue weighted by Crippen LogP contribution is 2.44. The van der Waals surface area contributed by atoms with Gasteiger partial charge in [-0.05, 0) is 31.0 Å². The molecule has 1 aromatic rings. The van der Waals surface area contributed by atoms with Gasteiger partial charge in [-0.15, -0.1) is 0 Å². The highest BCUT2D eigenvalue weighted by molar-refractivity contribution is 9.10. The number of hydrogen-bond donors (Lipinski definition) is 1. The van der Waals surface area contributed by atoms with E-state index in [0.29, 0.717) is 38.3 Å². The van der Waals surface area contributed by atoms with Crippen LogP contribution in [0.3, 0.4) is 0 Å². The summed E-state index contributed by atoms with van der Waals surface area (Å²) in [5.41, 5.74) is 3.47. The highest BCUT2D eigenvalue weighted by Gasteiger charge is 2.43. The molecule has 1 N–H and O–H groups in total. The third kappa shape index (κ3) is 3.48. The van der Waals surface area contributed by atoms with Crippen LogP contribution in [0.25, 0.3) is 0 Å². The number of allylic oxidation sites excluding steroid dienone is 3. The molecular formula is C21H23BrN2O3. The second-order valence-corrected chi connectivity index (χ2v) is 8.16. The Hall–Kier alpha value is -1.92. The molecule has 0 spiro atoms. The number of rotatable bonds is 2. The summed E-state index contributed by atoms with van der Waals surface area (Å²) in [6, 6.07) is 7.96. The minimum Gasteiger partial charge on any atom is -0.378 e. The molecule has 142 valence electrons. The lowest BCUT2D eigenvalue weighted by atomic mass is 9.70. The molecule has 1 fully saturated rings. The molecule has 3 aliphatic rings. The maximum atomic E-state index is 13.4. The SMILES string of the molecule is CC1=C(C(=O)N2CCOCC2)C(c2cccc(Br)c2)C2C(=O)CCC=C2N1. The number of nitrogens with one attached hydrogen (secondary N) is 1. The predicted octanol–water partition coefficient (Wildman–Crippen LogP) is 3.13. The fraction of sp³-hybridized carbons (Fsp3) is 0.429. The predicted molar refractivity (Wildman–Crippen MR) is 106 cm³/mol. The summed E-state index contributed by atoms with van der Waals surface area (Å²) in [5.74, 6) is -0.384. The molecule has 1 saturated heterocycles. The summed E-state index contributed by atoms with van der Waals surface area (Å²) in [5, 5.41) is 3.36. The lowest BCUT2D eigenvalue weighted by Crippen LogP contribution is -2.47. The summed E-state index contributed by atoms with van der Waals surface area (Å²) >= 11 is 3.54. The van der Waals surface area contributed by atoms with Crippen LogP contribution in [0.5, 0.6) is 0 Å². The number of carbonyl (C=O) groups is 2. The first-order valence-electron chi connectivity index (χ1n) is 9.39. The molecule has 2 aliphatic heterocycles. The van der Waals surface area contributed by atoms with Crippen molar-refractivity contribution in [2.24, 2.45) is 5.92 Å². The topological polar surface area (TPSA) is 58.6 Å². The van der Waals surface area contributed by atoms with Crippen molar-refractivity contribution in [2.45, 2.75) is 25.7 Å². The van der Waals surface area contributed by atoms with Gasteiger partial charge in [0.05, 0.1) is 19.1 Å². The number of ether oxygens (including phenoxy) is 1. The van der Waals surface area contributed by atoms with Gasteiger partial charge in [0.25, 0.3) is 5.91 Å². The first-order chi connectivity index (χ1) is 13.1. The Morgan fingerprint density at radius 2 is 2.04 bits per heavy atom. The van der Waals surface area contributed by atoms with E-state index < -0.39 is 0 Å². The molecule has 2 unspecified atom stereocenters. The largest absolute Gasteiger partial charge is 0.378 e. The summed E-state index contributed by atoms with van der Waals surface area (Å²) in [6.07, 6.45) is 3.39. The Kier molecular flexibility index (Phi) is 5.19. The van der Waals surface area contributed by atoms with Gasteiger partial charge in [0.15, 0.2) is 0 Å². The summed E-state index contributed by atoms with van der Waals surface area (Å²) in [4.78, 5) is 28.2. The molecular weight excluding hydrogens is 408 g/mol. The van der Waals surface area contributed by atoms with Crippen LogP contribution in [0.2, 0.25) is 0 Å². The minimum absolute atomic E-state index is 0.00528. The van der Waals surface area contributed by atoms with Crippen molar-refractivity contribution >= 4 is 27.6 Å². The Morgan fingerprint density at radius 3 is 2.78 bits per heavy atom. The quantitative estimate of drug-likeness (QED) is 0.782. The van der Waals surface area contributed by atoms with Gasteiger partial charge in [-0.3, -0.25) is 9.59 Å². The van der Waals surface area contributed by atoms with E-state index >= 15 is 0 Å². The molecule has 0 aromatic heterocycles. The first-order valence-corrected chi connectivity index (χ1v) is 10.2. The molecule has 2 atom stereocenters. The van der Waals surface area contributed by atoms with E-state index in [0.717, 1.165) is 27.9 Å². The number of benzene rings is 1. The molecule has 5 nitrogen and oxygen atoms in total. The van der Waals surface area contributed by atoms with Crippen LogP contribution in [0.15, 0.2) is 51.8 Å². The Bertz CT molecular complexity index is 840. The van der Waals surface area contributed by atoms with Crippen molar-refractivity contribution in [3.05, 3.63) is 57.3 Å². The normalized spacial score (nSPS) is 25.6. The second kappa shape index (κ2) is 7.60. The highest BCUT2D eigenvalue weighted by atomic mass is 79.9. The molecule has 0 radical (unpaired) electrons. The van der Waals surface area contributed by atoms with E-state index in [9.17, 15) is 9.59 Å². The van der Waals surface area contributed by atoms with Crippen LogP contribution in [0.1, 0.15) is 31.2 Å². The lowest BCUT2D eigenvalue weighted by molar-refractivity contribution is -0.132. The van der Waals surface area contributed by atoms with E-state index in [2.05, 4.69) is 27.3 Å². The van der Waals surface area contributed by atoms with Gasteiger partial charge >= 0.3 is 0 Å². The maximum absolute atomic E-state index is 13.4. The fourth-order valence-electron chi connectivity index (χ4n) is 4.29. The van der Waals surface area contributed by atoms with Crippen molar-refractivity contribution in [2.75, 3.05) is 26.3 Å². The molecule has 1 amide bonds. The second-order valence-electron chi connectivity index (χ2n) is 7.24. The van der Waals surface area contributed by atoms with Gasteiger partial charge in [0.2, 0.25) is 0 Å². The Balaban J connectivity index is 1.82. The molecule has 6 heteroatoms. The summed E-state index contributed by atoms with van der Waals surface area (Å²) < 4.78 is 6.35. The molecule has 1 aliphatic carbocycles. The van der Waals surface area contributed by atoms with Crippen LogP contribution in [-0.2, 0) is 14.3 Å². The van der Waals surface area contributed by atoms with Crippen LogP contribution in [0, 0.1) is 5.92 Å². The average molecular weight is 431 g/mol. The van der Waals surface area contributed by atoms with Crippen LogP contribution in [0.4, 0.5) is 0 Å². The average Bonchev–Trinajstić information content (AvgIpc) is 2.67. The zero-order valence-electron chi connectivity index (χ0n) is 15.3. The summed E-state index contributed by atoms with van der Waals surface area (Å²) in [7, 11) is 0. The first kappa shape index (κ1) is 18.4. The van der Waals surface area contributed by atoms with Crippen molar-refractivity contribution in [1.29, 1.82) is 0 Å². The Morgan fingerprint density at radius 1 is 1.26 bits per heavy atom. The smallest absolute Gasteiger partial charge is 0.252 e. The zero-order valence-corrected chi connectivity index (χ0v) is 16.9. The number of amides is 1. The number of halogens is 1. The number of hydrogen-bond acceptors (Lipinski definition) is 4. The van der Waals surface area contributed by atoms with Gasteiger partial charge in [0, 0.05) is 46.9 Å². The van der Waals surface area contributed by atoms with E-state index in [1.807, 2.05) is 36.1 Å². The molecule has 4 rings (SSSR count). The maximum Gasteiger partial charge on any atom is 0.252 e. The molecule has 1 aromatic carbocycles. The number of nitrogens with zero attached hydrogens (tertiary/aromatic N) is 1. The minimum atomic E-state index is -0.322. The van der Waals surface area contributed by atoms with Crippen molar-refractivity contribution in [3.63, 3.8) is 0 Å². The molecule has 0 bridgehead atoms. The third-order valence-corrected chi connectivity index (χ3v) is 6.05. The number of fused-ring (bicyclic) bond motifs is 1. The van der Waals surface area contributed by atoms with E-state index in [4.69, 9.17) is 4.74 Å². The van der Waals surface area contributed by atoms with Gasteiger partial charge in [0.1, 0.15) is 5.78 Å². The van der Waals surface area contributed by atoms with E-state index in [-0.39, 0.29) is 23.5 Å². The van der Waals surface area contributed by atoms with Crippen molar-refractivity contribution in [1.82, 2.24) is 10.2 Å². The van der Waals surface area contributed by atoms with Gasteiger partial charge < -0.3 is 15.0 Å². The zero-order chi connectivity index (χ0) is 19.0. The van der Waals surface area contributed by atoms with E-state index in [1.54, 1.807) is 0 Å². The Labute approximate surface area is 167 Å². The number of ketones is 1. The molecule has 0 saturated carbocycles. The van der Waals surface area contributed by atoms with Crippen LogP contribution in [-0.4, -0.2) is 42.9 Å². The van der Waals surface area contributed by atoms with Crippen molar-refractivity contribution < 1.29 is 14.3 Å². The van der Waals surface area contributed by atoms with Gasteiger partial charge in [-0.1, -0.05) is 34.1 Å². The lowest BCUT2D eigenvalue weighted by Gasteiger charge is -2.40. The van der Waals surface area contributed by atoms with E-state index in [1.165, 1.54) is 0 Å². The number of Topliss-reactive ketones (excluding diaryl/α,β-unsaturated/α-hetero) is 1. The van der Waals surface area contributed by atoms with Crippen molar-refractivity contribution in [3.8, 4) is 0 Å². The molecule has 27 heavy (non-hydrogen) atoms.